The van der Waals surface area contributed by atoms with Crippen molar-refractivity contribution < 1.29 is 0 Å². The van der Waals surface area contributed by atoms with Gasteiger partial charge in [-0.2, -0.15) is 0 Å². The number of thiazole rings is 1. The molecule has 0 saturated heterocycles. The molecule has 1 aromatic carbocycles. The lowest BCUT2D eigenvalue weighted by Crippen LogP contribution is -1.88. The molecule has 0 aliphatic carbocycles. The zero-order chi connectivity index (χ0) is 12.8. The second-order valence-corrected chi connectivity index (χ2v) is 5.98. The molecule has 4 rings (SSSR count). The molecule has 19 heavy (non-hydrogen) atoms. The van der Waals surface area contributed by atoms with E-state index in [1.165, 1.54) is 16.0 Å². The number of aromatic nitrogens is 4. The van der Waals surface area contributed by atoms with Crippen LogP contribution in [0.1, 0.15) is 0 Å². The van der Waals surface area contributed by atoms with Crippen LogP contribution in [0.5, 0.6) is 0 Å². The average Bonchev–Trinajstić information content (AvgIpc) is 3.09. The van der Waals surface area contributed by atoms with Gasteiger partial charge in [0, 0.05) is 7.05 Å². The molecule has 0 saturated carbocycles. The maximum atomic E-state index is 4.60. The molecule has 0 unspecified atom stereocenters. The van der Waals surface area contributed by atoms with Crippen molar-refractivity contribution in [2.24, 2.45) is 0 Å². The Balaban J connectivity index is 1.86. The van der Waals surface area contributed by atoms with Crippen molar-refractivity contribution in [3.8, 4) is 10.7 Å². The van der Waals surface area contributed by atoms with Crippen LogP contribution in [0.2, 0.25) is 0 Å². The van der Waals surface area contributed by atoms with E-state index in [9.17, 15) is 0 Å². The number of nitrogens with zero attached hydrogens (tertiary/aromatic N) is 4. The molecule has 0 atom stereocenters. The maximum absolute atomic E-state index is 4.60. The molecule has 5 nitrogen and oxygen atoms in total. The van der Waals surface area contributed by atoms with Crippen molar-refractivity contribution in [3.05, 3.63) is 30.5 Å². The number of benzene rings is 1. The molecule has 4 aromatic rings. The largest absolute Gasteiger partial charge is 0.363 e. The van der Waals surface area contributed by atoms with Crippen molar-refractivity contribution in [2.45, 2.75) is 0 Å². The molecule has 3 heterocycles. The van der Waals surface area contributed by atoms with E-state index < -0.39 is 0 Å². The second kappa shape index (κ2) is 4.01. The molecule has 7 heteroatoms. The lowest BCUT2D eigenvalue weighted by atomic mass is 10.3. The fraction of sp³-hybridized carbons (Fsp3) is 0.0833. The third kappa shape index (κ3) is 1.70. The zero-order valence-corrected chi connectivity index (χ0v) is 11.6. The minimum atomic E-state index is 0.860. The normalized spacial score (nSPS) is 11.4. The molecular weight excluding hydrogens is 278 g/mol. The maximum Gasteiger partial charge on any atom is 0.214 e. The van der Waals surface area contributed by atoms with E-state index in [2.05, 4.69) is 26.4 Å². The van der Waals surface area contributed by atoms with Crippen molar-refractivity contribution in [3.63, 3.8) is 0 Å². The van der Waals surface area contributed by atoms with Gasteiger partial charge in [0.15, 0.2) is 0 Å². The Morgan fingerprint density at radius 2 is 2.05 bits per heavy atom. The topological polar surface area (TPSA) is 55.1 Å². The highest BCUT2D eigenvalue weighted by Crippen LogP contribution is 2.30. The van der Waals surface area contributed by atoms with Crippen LogP contribution in [0, 0.1) is 0 Å². The second-order valence-electron chi connectivity index (χ2n) is 4.00. The summed E-state index contributed by atoms with van der Waals surface area (Å²) in [4.78, 5) is 10.1. The van der Waals surface area contributed by atoms with Gasteiger partial charge >= 0.3 is 0 Å². The molecule has 0 amide bonds. The Bertz CT molecular complexity index is 808. The van der Waals surface area contributed by atoms with E-state index >= 15 is 0 Å². The molecule has 0 spiro atoms. The number of fused-ring (bicyclic) bond motifs is 2. The molecule has 0 aliphatic heterocycles. The SMILES string of the molecule is CNc1nn2cc(-c3nc4ccccc4s3)nc2s1. The predicted octanol–water partition coefficient (Wildman–Crippen LogP) is 3.11. The van der Waals surface area contributed by atoms with Crippen LogP contribution in [0.25, 0.3) is 25.9 Å². The van der Waals surface area contributed by atoms with Crippen molar-refractivity contribution in [1.82, 2.24) is 19.6 Å². The predicted molar refractivity (Wildman–Crippen MR) is 79.0 cm³/mol. The zero-order valence-electron chi connectivity index (χ0n) is 9.99. The summed E-state index contributed by atoms with van der Waals surface area (Å²) in [5.74, 6) is 0. The Hall–Kier alpha value is -1.99. The number of hydrogen-bond acceptors (Lipinski definition) is 6. The van der Waals surface area contributed by atoms with Gasteiger partial charge in [-0.15, -0.1) is 16.4 Å². The van der Waals surface area contributed by atoms with Gasteiger partial charge in [0.1, 0.15) is 10.7 Å². The van der Waals surface area contributed by atoms with Crippen molar-refractivity contribution >= 4 is 43.0 Å². The highest BCUT2D eigenvalue weighted by Gasteiger charge is 2.12. The Morgan fingerprint density at radius 1 is 1.16 bits per heavy atom. The summed E-state index contributed by atoms with van der Waals surface area (Å²) >= 11 is 3.18. The van der Waals surface area contributed by atoms with E-state index in [0.717, 1.165) is 26.3 Å². The molecule has 0 aliphatic rings. The minimum Gasteiger partial charge on any atom is -0.363 e. The highest BCUT2D eigenvalue weighted by atomic mass is 32.1. The average molecular weight is 287 g/mol. The number of anilines is 1. The van der Waals surface area contributed by atoms with Gasteiger partial charge in [0.05, 0.1) is 16.4 Å². The lowest BCUT2D eigenvalue weighted by Gasteiger charge is -1.87. The van der Waals surface area contributed by atoms with Crippen LogP contribution in [0.4, 0.5) is 5.13 Å². The quantitative estimate of drug-likeness (QED) is 0.615. The van der Waals surface area contributed by atoms with Gasteiger partial charge in [-0.25, -0.2) is 14.5 Å². The first kappa shape index (κ1) is 10.9. The first-order valence-corrected chi connectivity index (χ1v) is 7.37. The van der Waals surface area contributed by atoms with Gasteiger partial charge in [-0.1, -0.05) is 23.5 Å². The van der Waals surface area contributed by atoms with E-state index in [1.54, 1.807) is 15.9 Å². The number of rotatable bonds is 2. The number of imidazole rings is 1. The monoisotopic (exact) mass is 287 g/mol. The smallest absolute Gasteiger partial charge is 0.214 e. The molecule has 1 N–H and O–H groups in total. The van der Waals surface area contributed by atoms with Gasteiger partial charge in [-0.3, -0.25) is 0 Å². The Labute approximate surface area is 116 Å². The summed E-state index contributed by atoms with van der Waals surface area (Å²) in [7, 11) is 1.85. The molecule has 94 valence electrons. The number of nitrogens with one attached hydrogen (secondary N) is 1. The summed E-state index contributed by atoms with van der Waals surface area (Å²) in [5.41, 5.74) is 1.89. The van der Waals surface area contributed by atoms with Crippen LogP contribution >= 0.6 is 22.7 Å². The van der Waals surface area contributed by atoms with E-state index in [-0.39, 0.29) is 0 Å². The van der Waals surface area contributed by atoms with E-state index in [1.807, 2.05) is 31.4 Å². The first-order valence-electron chi connectivity index (χ1n) is 5.73. The summed E-state index contributed by atoms with van der Waals surface area (Å²) in [6.45, 7) is 0. The standard InChI is InChI=1S/C12H9N5S2/c1-13-11-16-17-6-8(15-12(17)19-11)10-14-7-4-2-3-5-9(7)18-10/h2-6H,1H3,(H,13,16). The molecule has 3 aromatic heterocycles. The van der Waals surface area contributed by atoms with Crippen LogP contribution < -0.4 is 5.32 Å². The van der Waals surface area contributed by atoms with E-state index in [4.69, 9.17) is 0 Å². The van der Waals surface area contributed by atoms with Gasteiger partial charge in [0.2, 0.25) is 10.1 Å². The fourth-order valence-corrected chi connectivity index (χ4v) is 3.54. The third-order valence-electron chi connectivity index (χ3n) is 2.77. The van der Waals surface area contributed by atoms with Crippen LogP contribution in [0.3, 0.4) is 0 Å². The molecule has 0 radical (unpaired) electrons. The van der Waals surface area contributed by atoms with Crippen molar-refractivity contribution in [2.75, 3.05) is 12.4 Å². The number of hydrogen-bond donors (Lipinski definition) is 1. The number of para-hydroxylation sites is 1. The summed E-state index contributed by atoms with van der Waals surface area (Å²) < 4.78 is 2.97. The van der Waals surface area contributed by atoms with E-state index in [0.29, 0.717) is 0 Å². The summed E-state index contributed by atoms with van der Waals surface area (Å²) in [5, 5.41) is 9.18. The summed E-state index contributed by atoms with van der Waals surface area (Å²) in [6.07, 6.45) is 1.92. The molecule has 0 fully saturated rings. The first-order chi connectivity index (χ1) is 9.33. The van der Waals surface area contributed by atoms with Gasteiger partial charge in [0.25, 0.3) is 0 Å². The fourth-order valence-electron chi connectivity index (χ4n) is 1.89. The third-order valence-corrected chi connectivity index (χ3v) is 4.77. The lowest BCUT2D eigenvalue weighted by molar-refractivity contribution is 0.975. The summed E-state index contributed by atoms with van der Waals surface area (Å²) in [6, 6.07) is 8.12. The van der Waals surface area contributed by atoms with Crippen molar-refractivity contribution in [1.29, 1.82) is 0 Å². The Kier molecular flexibility index (Phi) is 2.30. The molecular formula is C12H9N5S2. The Morgan fingerprint density at radius 3 is 2.84 bits per heavy atom. The van der Waals surface area contributed by atoms with Crippen LogP contribution in [-0.2, 0) is 0 Å². The van der Waals surface area contributed by atoms with Crippen LogP contribution in [0.15, 0.2) is 30.5 Å². The van der Waals surface area contributed by atoms with Crippen LogP contribution in [-0.4, -0.2) is 26.6 Å². The highest BCUT2D eigenvalue weighted by molar-refractivity contribution is 7.22. The van der Waals surface area contributed by atoms with Gasteiger partial charge in [-0.05, 0) is 12.1 Å². The minimum absolute atomic E-state index is 0.860. The molecule has 0 bridgehead atoms. The van der Waals surface area contributed by atoms with Gasteiger partial charge < -0.3 is 5.32 Å².